The van der Waals surface area contributed by atoms with Crippen molar-refractivity contribution in [3.8, 4) is 0 Å². The number of hydrogen-bond donors (Lipinski definition) is 1. The largest absolute Gasteiger partial charge is 0.359 e. The molecule has 0 aliphatic carbocycles. The van der Waals surface area contributed by atoms with Gasteiger partial charge in [0.2, 0.25) is 5.91 Å². The molecule has 1 aliphatic rings. The number of nitrogens with one attached hydrogen (secondary N) is 1. The predicted octanol–water partition coefficient (Wildman–Crippen LogP) is 0.854. The fourth-order valence-electron chi connectivity index (χ4n) is 1.81. The van der Waals surface area contributed by atoms with Crippen LogP contribution in [0.5, 0.6) is 0 Å². The Morgan fingerprint density at radius 1 is 1.46 bits per heavy atom. The molecule has 0 atom stereocenters. The van der Waals surface area contributed by atoms with Crippen molar-refractivity contribution in [1.82, 2.24) is 10.2 Å². The molecule has 3 nitrogen and oxygen atoms in total. The summed E-state index contributed by atoms with van der Waals surface area (Å²) in [7, 11) is 3.85. The van der Waals surface area contributed by atoms with E-state index in [-0.39, 0.29) is 11.3 Å². The Morgan fingerprint density at radius 2 is 2.00 bits per heavy atom. The van der Waals surface area contributed by atoms with Crippen molar-refractivity contribution in [3.63, 3.8) is 0 Å². The zero-order valence-corrected chi connectivity index (χ0v) is 8.89. The third kappa shape index (κ3) is 2.99. The van der Waals surface area contributed by atoms with Crippen molar-refractivity contribution < 1.29 is 4.79 Å². The number of likely N-dealkylation sites (tertiary alicyclic amines) is 1. The minimum Gasteiger partial charge on any atom is -0.359 e. The smallest absolute Gasteiger partial charge is 0.220 e. The summed E-state index contributed by atoms with van der Waals surface area (Å²) in [6, 6.07) is 0. The summed E-state index contributed by atoms with van der Waals surface area (Å²) in [5, 5.41) is 2.70. The van der Waals surface area contributed by atoms with Crippen LogP contribution in [0.1, 0.15) is 26.2 Å². The molecule has 1 N–H and O–H groups in total. The molecule has 0 aromatic carbocycles. The van der Waals surface area contributed by atoms with Crippen molar-refractivity contribution in [2.45, 2.75) is 26.2 Å². The minimum atomic E-state index is 0.173. The van der Waals surface area contributed by atoms with Crippen LogP contribution in [-0.4, -0.2) is 38.0 Å². The average molecular weight is 184 g/mol. The lowest BCUT2D eigenvalue weighted by Crippen LogP contribution is -2.39. The summed E-state index contributed by atoms with van der Waals surface area (Å²) in [6.45, 7) is 4.45. The normalized spacial score (nSPS) is 22.7. The summed E-state index contributed by atoms with van der Waals surface area (Å²) < 4.78 is 0. The number of amides is 1. The second kappa shape index (κ2) is 4.09. The third-order valence-corrected chi connectivity index (χ3v) is 3.06. The van der Waals surface area contributed by atoms with Crippen molar-refractivity contribution in [2.24, 2.45) is 5.41 Å². The molecule has 13 heavy (non-hydrogen) atoms. The lowest BCUT2D eigenvalue weighted by molar-refractivity contribution is -0.123. The summed E-state index contributed by atoms with van der Waals surface area (Å²) >= 11 is 0. The van der Waals surface area contributed by atoms with Crippen LogP contribution in [-0.2, 0) is 4.79 Å². The standard InChI is InChI=1S/C10H20N2O/c1-10(8-9(13)11-2)4-6-12(3)7-5-10/h4-8H2,1-3H3,(H,11,13). The van der Waals surface area contributed by atoms with Crippen molar-refractivity contribution in [3.05, 3.63) is 0 Å². The molecule has 0 spiro atoms. The third-order valence-electron chi connectivity index (χ3n) is 3.06. The van der Waals surface area contributed by atoms with Crippen LogP contribution in [0, 0.1) is 5.41 Å². The van der Waals surface area contributed by atoms with E-state index in [9.17, 15) is 4.79 Å². The Bertz CT molecular complexity index is 183. The van der Waals surface area contributed by atoms with E-state index in [0.29, 0.717) is 6.42 Å². The van der Waals surface area contributed by atoms with Crippen LogP contribution in [0.3, 0.4) is 0 Å². The molecule has 1 fully saturated rings. The molecule has 0 unspecified atom stereocenters. The SMILES string of the molecule is CNC(=O)CC1(C)CCN(C)CC1. The molecule has 0 bridgehead atoms. The molecule has 0 saturated carbocycles. The van der Waals surface area contributed by atoms with Gasteiger partial charge in [-0.25, -0.2) is 0 Å². The molecular formula is C10H20N2O. The molecule has 0 aromatic heterocycles. The van der Waals surface area contributed by atoms with Crippen LogP contribution in [0.25, 0.3) is 0 Å². The first-order valence-corrected chi connectivity index (χ1v) is 4.95. The fourth-order valence-corrected chi connectivity index (χ4v) is 1.81. The molecule has 3 heteroatoms. The minimum absolute atomic E-state index is 0.173. The predicted molar refractivity (Wildman–Crippen MR) is 53.5 cm³/mol. The molecular weight excluding hydrogens is 164 g/mol. The summed E-state index contributed by atoms with van der Waals surface area (Å²) in [6.07, 6.45) is 2.95. The number of nitrogens with zero attached hydrogens (tertiary/aromatic N) is 1. The summed E-state index contributed by atoms with van der Waals surface area (Å²) in [5.74, 6) is 0.173. The van der Waals surface area contributed by atoms with Crippen molar-refractivity contribution in [1.29, 1.82) is 0 Å². The van der Waals surface area contributed by atoms with Gasteiger partial charge in [0.05, 0.1) is 0 Å². The molecule has 1 amide bonds. The molecule has 1 rings (SSSR count). The maximum atomic E-state index is 11.2. The van der Waals surface area contributed by atoms with E-state index in [2.05, 4.69) is 24.2 Å². The Hall–Kier alpha value is -0.570. The first-order chi connectivity index (χ1) is 6.06. The first kappa shape index (κ1) is 10.5. The van der Waals surface area contributed by atoms with Gasteiger partial charge in [-0.05, 0) is 38.4 Å². The highest BCUT2D eigenvalue weighted by Gasteiger charge is 2.30. The van der Waals surface area contributed by atoms with Gasteiger partial charge in [-0.15, -0.1) is 0 Å². The molecule has 1 aliphatic heterocycles. The van der Waals surface area contributed by atoms with Gasteiger partial charge in [0.15, 0.2) is 0 Å². The maximum Gasteiger partial charge on any atom is 0.220 e. The van der Waals surface area contributed by atoms with Crippen LogP contribution >= 0.6 is 0 Å². The lowest BCUT2D eigenvalue weighted by atomic mass is 9.77. The van der Waals surface area contributed by atoms with Crippen LogP contribution in [0.2, 0.25) is 0 Å². The molecule has 1 heterocycles. The van der Waals surface area contributed by atoms with Gasteiger partial charge in [0, 0.05) is 13.5 Å². The van der Waals surface area contributed by atoms with E-state index in [1.165, 1.54) is 0 Å². The van der Waals surface area contributed by atoms with Gasteiger partial charge >= 0.3 is 0 Å². The Balaban J connectivity index is 2.43. The summed E-state index contributed by atoms with van der Waals surface area (Å²) in [5.41, 5.74) is 0.229. The van der Waals surface area contributed by atoms with Crippen LogP contribution < -0.4 is 5.32 Å². The van der Waals surface area contributed by atoms with E-state index < -0.39 is 0 Å². The van der Waals surface area contributed by atoms with Crippen LogP contribution in [0.4, 0.5) is 0 Å². The first-order valence-electron chi connectivity index (χ1n) is 4.95. The lowest BCUT2D eigenvalue weighted by Gasteiger charge is -2.37. The number of hydrogen-bond acceptors (Lipinski definition) is 2. The van der Waals surface area contributed by atoms with Gasteiger partial charge in [-0.1, -0.05) is 6.92 Å². The fraction of sp³-hybridized carbons (Fsp3) is 0.900. The van der Waals surface area contributed by atoms with Gasteiger partial charge in [0.1, 0.15) is 0 Å². The van der Waals surface area contributed by atoms with Crippen molar-refractivity contribution in [2.75, 3.05) is 27.2 Å². The van der Waals surface area contributed by atoms with E-state index >= 15 is 0 Å². The van der Waals surface area contributed by atoms with E-state index in [0.717, 1.165) is 25.9 Å². The molecule has 0 radical (unpaired) electrons. The second-order valence-electron chi connectivity index (χ2n) is 4.46. The summed E-state index contributed by atoms with van der Waals surface area (Å²) in [4.78, 5) is 13.6. The monoisotopic (exact) mass is 184 g/mol. The number of carbonyl (C=O) groups excluding carboxylic acids is 1. The zero-order valence-electron chi connectivity index (χ0n) is 8.89. The quantitative estimate of drug-likeness (QED) is 0.690. The second-order valence-corrected chi connectivity index (χ2v) is 4.46. The Labute approximate surface area is 80.5 Å². The number of rotatable bonds is 2. The van der Waals surface area contributed by atoms with E-state index in [1.807, 2.05) is 0 Å². The van der Waals surface area contributed by atoms with Crippen molar-refractivity contribution >= 4 is 5.91 Å². The molecule has 76 valence electrons. The number of carbonyl (C=O) groups is 1. The average Bonchev–Trinajstić information content (AvgIpc) is 2.10. The molecule has 1 saturated heterocycles. The highest BCUT2D eigenvalue weighted by molar-refractivity contribution is 5.76. The van der Waals surface area contributed by atoms with E-state index in [4.69, 9.17) is 0 Å². The van der Waals surface area contributed by atoms with E-state index in [1.54, 1.807) is 7.05 Å². The highest BCUT2D eigenvalue weighted by atomic mass is 16.1. The Morgan fingerprint density at radius 3 is 2.46 bits per heavy atom. The Kier molecular flexibility index (Phi) is 3.31. The van der Waals surface area contributed by atoms with Gasteiger partial charge in [-0.3, -0.25) is 4.79 Å². The topological polar surface area (TPSA) is 32.3 Å². The maximum absolute atomic E-state index is 11.2. The molecule has 0 aromatic rings. The number of piperidine rings is 1. The van der Waals surface area contributed by atoms with Crippen LogP contribution in [0.15, 0.2) is 0 Å². The van der Waals surface area contributed by atoms with Gasteiger partial charge in [-0.2, -0.15) is 0 Å². The van der Waals surface area contributed by atoms with Gasteiger partial charge in [0.25, 0.3) is 0 Å². The van der Waals surface area contributed by atoms with Gasteiger partial charge < -0.3 is 10.2 Å². The highest BCUT2D eigenvalue weighted by Crippen LogP contribution is 2.33. The zero-order chi connectivity index (χ0) is 9.90.